The lowest BCUT2D eigenvalue weighted by Crippen LogP contribution is -2.49. The van der Waals surface area contributed by atoms with Gasteiger partial charge in [0, 0.05) is 16.0 Å². The van der Waals surface area contributed by atoms with Crippen LogP contribution < -0.4 is 10.2 Å². The molecule has 0 radical (unpaired) electrons. The normalized spacial score (nSPS) is 17.5. The van der Waals surface area contributed by atoms with E-state index in [0.717, 1.165) is 11.8 Å². The Hall–Kier alpha value is -3.59. The van der Waals surface area contributed by atoms with Crippen molar-refractivity contribution in [3.8, 4) is 0 Å². The molecule has 1 aliphatic rings. The first kappa shape index (κ1) is 22.6. The second-order valence-corrected chi connectivity index (χ2v) is 9.38. The highest BCUT2D eigenvalue weighted by atomic mass is 32.2. The molecule has 170 valence electrons. The Morgan fingerprint density at radius 3 is 2.67 bits per heavy atom. The van der Waals surface area contributed by atoms with Crippen LogP contribution >= 0.6 is 11.8 Å². The van der Waals surface area contributed by atoms with E-state index in [1.54, 1.807) is 55.5 Å². The first-order chi connectivity index (χ1) is 15.8. The Morgan fingerprint density at radius 1 is 1.18 bits per heavy atom. The van der Waals surface area contributed by atoms with Crippen molar-refractivity contribution in [2.45, 2.75) is 36.1 Å². The molecule has 9 heteroatoms. The van der Waals surface area contributed by atoms with Gasteiger partial charge in [0.15, 0.2) is 0 Å². The van der Waals surface area contributed by atoms with E-state index in [-0.39, 0.29) is 24.6 Å². The zero-order valence-electron chi connectivity index (χ0n) is 17.7. The lowest BCUT2D eigenvalue weighted by atomic mass is 10.0. The Kier molecular flexibility index (Phi) is 6.24. The molecule has 0 spiro atoms. The van der Waals surface area contributed by atoms with Gasteiger partial charge in [-0.1, -0.05) is 18.2 Å². The van der Waals surface area contributed by atoms with Crippen LogP contribution in [0.3, 0.4) is 0 Å². The average molecular weight is 469 g/mol. The summed E-state index contributed by atoms with van der Waals surface area (Å²) in [7, 11) is 0. The fourth-order valence-corrected chi connectivity index (χ4v) is 4.96. The summed E-state index contributed by atoms with van der Waals surface area (Å²) in [4.78, 5) is 39.6. The Morgan fingerprint density at radius 2 is 1.97 bits per heavy atom. The molecule has 0 saturated carbocycles. The third-order valence-electron chi connectivity index (χ3n) is 5.32. The number of carboxylic acid groups (broad SMARTS) is 1. The monoisotopic (exact) mass is 468 g/mol. The van der Waals surface area contributed by atoms with Gasteiger partial charge in [0.25, 0.3) is 5.91 Å². The van der Waals surface area contributed by atoms with Crippen LogP contribution in [0.25, 0.3) is 0 Å². The van der Waals surface area contributed by atoms with E-state index < -0.39 is 28.9 Å². The van der Waals surface area contributed by atoms with Gasteiger partial charge in [-0.15, -0.1) is 11.8 Å². The van der Waals surface area contributed by atoms with Gasteiger partial charge >= 0.3 is 5.97 Å². The van der Waals surface area contributed by atoms with Crippen LogP contribution in [0.2, 0.25) is 0 Å². The number of hydrogen-bond acceptors (Lipinski definition) is 5. The van der Waals surface area contributed by atoms with Crippen LogP contribution in [0, 0.1) is 5.82 Å². The van der Waals surface area contributed by atoms with E-state index >= 15 is 0 Å². The van der Waals surface area contributed by atoms with Gasteiger partial charge in [-0.3, -0.25) is 14.4 Å². The molecule has 1 unspecified atom stereocenters. The Labute approximate surface area is 193 Å². The highest BCUT2D eigenvalue weighted by Crippen LogP contribution is 2.47. The van der Waals surface area contributed by atoms with Gasteiger partial charge < -0.3 is 19.7 Å². The average Bonchev–Trinajstić information content (AvgIpc) is 3.29. The number of nitrogens with one attached hydrogen (secondary N) is 1. The van der Waals surface area contributed by atoms with Crippen molar-refractivity contribution in [2.24, 2.45) is 0 Å². The third-order valence-corrected chi connectivity index (χ3v) is 6.66. The molecule has 1 aliphatic heterocycles. The third kappa shape index (κ3) is 4.78. The van der Waals surface area contributed by atoms with Crippen molar-refractivity contribution < 1.29 is 28.3 Å². The van der Waals surface area contributed by atoms with Crippen LogP contribution in [0.1, 0.15) is 35.0 Å². The maximum absolute atomic E-state index is 14.4. The minimum atomic E-state index is -1.27. The number of carbonyl (C=O) groups is 3. The standard InChI is InChI=1S/C24H21FN2O5S/c1-24(12-21(28)29)23(31)27(14-16-5-2-3-7-18(16)25)19-11-15(8-9-20(19)33-24)22(30)26-13-17-6-4-10-32-17/h2-11H,12-14H2,1H3,(H,26,30)(H,28,29). The number of benzene rings is 2. The number of carboxylic acids is 1. The molecule has 1 aromatic heterocycles. The molecule has 7 nitrogen and oxygen atoms in total. The quantitative estimate of drug-likeness (QED) is 0.539. The molecule has 1 atom stereocenters. The van der Waals surface area contributed by atoms with E-state index in [4.69, 9.17) is 4.42 Å². The minimum Gasteiger partial charge on any atom is -0.481 e. The highest BCUT2D eigenvalue weighted by molar-refractivity contribution is 8.01. The van der Waals surface area contributed by atoms with Gasteiger partial charge in [0.05, 0.1) is 31.5 Å². The number of hydrogen-bond donors (Lipinski definition) is 2. The fraction of sp³-hybridized carbons (Fsp3) is 0.208. The van der Waals surface area contributed by atoms with Gasteiger partial charge in [-0.05, 0) is 43.3 Å². The van der Waals surface area contributed by atoms with E-state index in [0.29, 0.717) is 21.9 Å². The molecule has 0 aliphatic carbocycles. The number of amides is 2. The zero-order chi connectivity index (χ0) is 23.6. The smallest absolute Gasteiger partial charge is 0.305 e. The molecule has 4 rings (SSSR count). The zero-order valence-corrected chi connectivity index (χ0v) is 18.5. The van der Waals surface area contributed by atoms with Crippen LogP contribution in [0.5, 0.6) is 0 Å². The lowest BCUT2D eigenvalue weighted by molar-refractivity contribution is -0.139. The lowest BCUT2D eigenvalue weighted by Gasteiger charge is -2.39. The summed E-state index contributed by atoms with van der Waals surface area (Å²) in [6.45, 7) is 1.67. The van der Waals surface area contributed by atoms with Crippen LogP contribution in [-0.4, -0.2) is 27.6 Å². The van der Waals surface area contributed by atoms with Crippen LogP contribution in [0.4, 0.5) is 10.1 Å². The SMILES string of the molecule is CC1(CC(=O)O)Sc2ccc(C(=O)NCc3ccco3)cc2N(Cc2ccccc2F)C1=O. The van der Waals surface area contributed by atoms with E-state index in [9.17, 15) is 23.9 Å². The predicted octanol–water partition coefficient (Wildman–Crippen LogP) is 4.22. The number of fused-ring (bicyclic) bond motifs is 1. The van der Waals surface area contributed by atoms with Gasteiger partial charge in [0.2, 0.25) is 5.91 Å². The molecule has 33 heavy (non-hydrogen) atoms. The Balaban J connectivity index is 1.68. The number of aliphatic carboxylic acids is 1. The highest BCUT2D eigenvalue weighted by Gasteiger charge is 2.45. The summed E-state index contributed by atoms with van der Waals surface area (Å²) in [6, 6.07) is 14.4. The van der Waals surface area contributed by atoms with Crippen molar-refractivity contribution in [1.29, 1.82) is 0 Å². The van der Waals surface area contributed by atoms with Gasteiger partial charge in [0.1, 0.15) is 16.3 Å². The summed E-state index contributed by atoms with van der Waals surface area (Å²) in [5.74, 6) is -1.81. The molecule has 2 N–H and O–H groups in total. The van der Waals surface area contributed by atoms with Crippen LogP contribution in [0.15, 0.2) is 70.2 Å². The second kappa shape index (κ2) is 9.11. The van der Waals surface area contributed by atoms with Crippen molar-refractivity contribution in [3.63, 3.8) is 0 Å². The van der Waals surface area contributed by atoms with Gasteiger partial charge in [-0.25, -0.2) is 4.39 Å². The second-order valence-electron chi connectivity index (χ2n) is 7.83. The summed E-state index contributed by atoms with van der Waals surface area (Å²) in [5, 5.41) is 12.1. The Bertz CT molecular complexity index is 1210. The molecule has 0 fully saturated rings. The van der Waals surface area contributed by atoms with Crippen LogP contribution in [-0.2, 0) is 22.7 Å². The molecular formula is C24H21FN2O5S. The molecular weight excluding hydrogens is 447 g/mol. The first-order valence-electron chi connectivity index (χ1n) is 10.2. The van der Waals surface area contributed by atoms with Crippen molar-refractivity contribution in [3.05, 3.63) is 83.6 Å². The number of furan rings is 1. The predicted molar refractivity (Wildman–Crippen MR) is 120 cm³/mol. The largest absolute Gasteiger partial charge is 0.481 e. The maximum Gasteiger partial charge on any atom is 0.305 e. The molecule has 3 aromatic rings. The molecule has 0 saturated heterocycles. The number of nitrogens with zero attached hydrogens (tertiary/aromatic N) is 1. The topological polar surface area (TPSA) is 99.8 Å². The number of halogens is 1. The molecule has 2 heterocycles. The van der Waals surface area contributed by atoms with E-state index in [1.807, 2.05) is 0 Å². The van der Waals surface area contributed by atoms with Gasteiger partial charge in [-0.2, -0.15) is 0 Å². The first-order valence-corrected chi connectivity index (χ1v) is 11.0. The van der Waals surface area contributed by atoms with E-state index in [1.165, 1.54) is 17.2 Å². The summed E-state index contributed by atoms with van der Waals surface area (Å²) >= 11 is 1.13. The number of anilines is 1. The number of rotatable bonds is 7. The summed E-state index contributed by atoms with van der Waals surface area (Å²) in [5.41, 5.74) is 1.03. The fourth-order valence-electron chi connectivity index (χ4n) is 3.67. The van der Waals surface area contributed by atoms with E-state index in [2.05, 4.69) is 5.32 Å². The summed E-state index contributed by atoms with van der Waals surface area (Å²) < 4.78 is 18.3. The summed E-state index contributed by atoms with van der Waals surface area (Å²) in [6.07, 6.45) is 1.12. The number of thioether (sulfide) groups is 1. The van der Waals surface area contributed by atoms with Crippen molar-refractivity contribution >= 4 is 35.2 Å². The minimum absolute atomic E-state index is 0.0915. The van der Waals surface area contributed by atoms with Crippen molar-refractivity contribution in [1.82, 2.24) is 5.32 Å². The molecule has 2 amide bonds. The maximum atomic E-state index is 14.4. The molecule has 0 bridgehead atoms. The van der Waals surface area contributed by atoms with Crippen molar-refractivity contribution in [2.75, 3.05) is 4.90 Å². The number of carbonyl (C=O) groups excluding carboxylic acids is 2. The molecule has 2 aromatic carbocycles.